The van der Waals surface area contributed by atoms with Crippen molar-refractivity contribution in [2.45, 2.75) is 6.54 Å². The number of nitrogens with zero attached hydrogens (tertiary/aromatic N) is 5. The molecule has 36 heavy (non-hydrogen) atoms. The Labute approximate surface area is 212 Å². The SMILES string of the molecule is Clc1nc(NCc2ccccc2)c2c(-c3ccccc3)cccc2c1-c1cncc(-c2nn[nH]n2)c1. The van der Waals surface area contributed by atoms with Crippen LogP contribution >= 0.6 is 11.6 Å². The quantitative estimate of drug-likeness (QED) is 0.263. The minimum atomic E-state index is 0.385. The summed E-state index contributed by atoms with van der Waals surface area (Å²) in [5.74, 6) is 1.19. The van der Waals surface area contributed by atoms with Crippen molar-refractivity contribution in [2.24, 2.45) is 0 Å². The Morgan fingerprint density at radius 1 is 0.806 bits per heavy atom. The zero-order chi connectivity index (χ0) is 24.3. The van der Waals surface area contributed by atoms with Crippen LogP contribution in [0, 0.1) is 0 Å². The fourth-order valence-corrected chi connectivity index (χ4v) is 4.66. The number of H-pyrrole nitrogens is 1. The molecule has 2 N–H and O–H groups in total. The average Bonchev–Trinajstić information content (AvgIpc) is 3.48. The van der Waals surface area contributed by atoms with Gasteiger partial charge in [0.2, 0.25) is 5.82 Å². The Morgan fingerprint density at radius 2 is 1.58 bits per heavy atom. The molecule has 3 heterocycles. The van der Waals surface area contributed by atoms with E-state index < -0.39 is 0 Å². The standard InChI is InChI=1S/C28H20ClN7/c29-26-24(20-14-21(17-30-16-20)27-33-35-36-34-27)23-13-7-12-22(19-10-5-2-6-11-19)25(23)28(32-26)31-15-18-8-3-1-4-9-18/h1-14,16-17H,15H2,(H,31,32)(H,33,34,35,36). The Morgan fingerprint density at radius 3 is 2.36 bits per heavy atom. The summed E-state index contributed by atoms with van der Waals surface area (Å²) in [4.78, 5) is 9.27. The van der Waals surface area contributed by atoms with E-state index in [2.05, 4.69) is 67.3 Å². The van der Waals surface area contributed by atoms with Crippen molar-refractivity contribution < 1.29 is 0 Å². The summed E-state index contributed by atoms with van der Waals surface area (Å²) < 4.78 is 0. The third kappa shape index (κ3) is 4.16. The Balaban J connectivity index is 1.56. The first kappa shape index (κ1) is 21.9. The normalized spacial score (nSPS) is 11.0. The molecule has 0 fully saturated rings. The minimum Gasteiger partial charge on any atom is -0.365 e. The lowest BCUT2D eigenvalue weighted by Gasteiger charge is -2.17. The van der Waals surface area contributed by atoms with Gasteiger partial charge in [-0.05, 0) is 33.4 Å². The van der Waals surface area contributed by atoms with E-state index in [1.54, 1.807) is 12.4 Å². The van der Waals surface area contributed by atoms with Crippen molar-refractivity contribution in [3.63, 3.8) is 0 Å². The smallest absolute Gasteiger partial charge is 0.206 e. The highest BCUT2D eigenvalue weighted by Crippen LogP contribution is 2.42. The van der Waals surface area contributed by atoms with Gasteiger partial charge in [0.15, 0.2) is 0 Å². The highest BCUT2D eigenvalue weighted by Gasteiger charge is 2.19. The molecule has 174 valence electrons. The van der Waals surface area contributed by atoms with Gasteiger partial charge in [0.05, 0.1) is 0 Å². The zero-order valence-corrected chi connectivity index (χ0v) is 19.8. The molecule has 0 aliphatic carbocycles. The zero-order valence-electron chi connectivity index (χ0n) is 19.1. The van der Waals surface area contributed by atoms with Gasteiger partial charge in [0.1, 0.15) is 11.0 Å². The van der Waals surface area contributed by atoms with Crippen molar-refractivity contribution in [2.75, 3.05) is 5.32 Å². The van der Waals surface area contributed by atoms with Crippen LogP contribution in [0.15, 0.2) is 97.3 Å². The summed E-state index contributed by atoms with van der Waals surface area (Å²) in [6, 6.07) is 28.7. The number of nitrogens with one attached hydrogen (secondary N) is 2. The van der Waals surface area contributed by atoms with Gasteiger partial charge in [0.25, 0.3) is 0 Å². The molecule has 0 unspecified atom stereocenters. The summed E-state index contributed by atoms with van der Waals surface area (Å²) in [6.07, 6.45) is 3.47. The van der Waals surface area contributed by atoms with Crippen molar-refractivity contribution in [3.8, 4) is 33.6 Å². The number of fused-ring (bicyclic) bond motifs is 1. The van der Waals surface area contributed by atoms with E-state index >= 15 is 0 Å². The van der Waals surface area contributed by atoms with Crippen molar-refractivity contribution in [1.29, 1.82) is 0 Å². The number of aromatic amines is 1. The van der Waals surface area contributed by atoms with Crippen LogP contribution in [0.5, 0.6) is 0 Å². The number of tetrazole rings is 1. The van der Waals surface area contributed by atoms with Crippen LogP contribution < -0.4 is 5.32 Å². The second-order valence-electron chi connectivity index (χ2n) is 8.26. The van der Waals surface area contributed by atoms with Crippen LogP contribution in [0.25, 0.3) is 44.4 Å². The van der Waals surface area contributed by atoms with E-state index in [1.807, 2.05) is 48.5 Å². The molecule has 0 atom stereocenters. The molecule has 0 bridgehead atoms. The van der Waals surface area contributed by atoms with Gasteiger partial charge in [-0.1, -0.05) is 90.5 Å². The third-order valence-electron chi connectivity index (χ3n) is 6.00. The van der Waals surface area contributed by atoms with E-state index in [4.69, 9.17) is 16.6 Å². The number of hydrogen-bond acceptors (Lipinski definition) is 6. The monoisotopic (exact) mass is 489 g/mol. The van der Waals surface area contributed by atoms with Crippen LogP contribution in [0.4, 0.5) is 5.82 Å². The molecule has 0 aliphatic rings. The van der Waals surface area contributed by atoms with Crippen molar-refractivity contribution >= 4 is 28.2 Å². The fourth-order valence-electron chi connectivity index (χ4n) is 4.36. The molecule has 0 saturated heterocycles. The number of halogens is 1. The second-order valence-corrected chi connectivity index (χ2v) is 8.62. The van der Waals surface area contributed by atoms with Gasteiger partial charge in [-0.3, -0.25) is 4.98 Å². The van der Waals surface area contributed by atoms with E-state index in [0.717, 1.165) is 50.0 Å². The summed E-state index contributed by atoms with van der Waals surface area (Å²) in [5, 5.41) is 20.2. The van der Waals surface area contributed by atoms with Gasteiger partial charge < -0.3 is 5.32 Å². The lowest BCUT2D eigenvalue weighted by atomic mass is 9.94. The molecule has 6 aromatic rings. The Kier molecular flexibility index (Phi) is 5.81. The maximum absolute atomic E-state index is 6.87. The number of aromatic nitrogens is 6. The first-order chi connectivity index (χ1) is 17.8. The summed E-state index contributed by atoms with van der Waals surface area (Å²) in [6.45, 7) is 0.622. The average molecular weight is 490 g/mol. The van der Waals surface area contributed by atoms with Crippen LogP contribution in [0.3, 0.4) is 0 Å². The molecule has 0 amide bonds. The molecule has 0 radical (unpaired) electrons. The van der Waals surface area contributed by atoms with Crippen molar-refractivity contribution in [1.82, 2.24) is 30.6 Å². The molecule has 7 nitrogen and oxygen atoms in total. The number of pyridine rings is 2. The lowest BCUT2D eigenvalue weighted by molar-refractivity contribution is 0.881. The third-order valence-corrected chi connectivity index (χ3v) is 6.28. The summed E-state index contributed by atoms with van der Waals surface area (Å²) >= 11 is 6.87. The maximum Gasteiger partial charge on any atom is 0.206 e. The first-order valence-corrected chi connectivity index (χ1v) is 11.8. The molecule has 3 aromatic carbocycles. The number of benzene rings is 3. The summed E-state index contributed by atoms with van der Waals surface area (Å²) in [7, 11) is 0. The number of hydrogen-bond donors (Lipinski definition) is 2. The van der Waals surface area contributed by atoms with Gasteiger partial charge in [-0.25, -0.2) is 4.98 Å². The maximum atomic E-state index is 6.87. The van der Waals surface area contributed by atoms with Crippen LogP contribution in [-0.4, -0.2) is 30.6 Å². The topological polar surface area (TPSA) is 92.3 Å². The molecule has 0 spiro atoms. The second kappa shape index (κ2) is 9.56. The highest BCUT2D eigenvalue weighted by molar-refractivity contribution is 6.34. The highest BCUT2D eigenvalue weighted by atomic mass is 35.5. The van der Waals surface area contributed by atoms with Crippen LogP contribution in [-0.2, 0) is 6.54 Å². The molecule has 6 rings (SSSR count). The first-order valence-electron chi connectivity index (χ1n) is 11.4. The van der Waals surface area contributed by atoms with E-state index in [0.29, 0.717) is 17.5 Å². The molecule has 8 heteroatoms. The van der Waals surface area contributed by atoms with Gasteiger partial charge >= 0.3 is 0 Å². The molecule has 0 saturated carbocycles. The predicted octanol–water partition coefficient (Wildman–Crippen LogP) is 6.41. The molecule has 3 aromatic heterocycles. The predicted molar refractivity (Wildman–Crippen MR) is 142 cm³/mol. The van der Waals surface area contributed by atoms with Gasteiger partial charge in [-0.15, -0.1) is 10.2 Å². The largest absolute Gasteiger partial charge is 0.365 e. The number of rotatable bonds is 6. The molecular formula is C28H20ClN7. The molecular weight excluding hydrogens is 470 g/mol. The lowest BCUT2D eigenvalue weighted by Crippen LogP contribution is -2.04. The van der Waals surface area contributed by atoms with E-state index in [-0.39, 0.29) is 0 Å². The fraction of sp³-hybridized carbons (Fsp3) is 0.0357. The van der Waals surface area contributed by atoms with Gasteiger partial charge in [0, 0.05) is 41.0 Å². The van der Waals surface area contributed by atoms with Crippen LogP contribution in [0.1, 0.15) is 5.56 Å². The van der Waals surface area contributed by atoms with E-state index in [1.165, 1.54) is 0 Å². The Hall–Kier alpha value is -4.62. The minimum absolute atomic E-state index is 0.385. The van der Waals surface area contributed by atoms with Crippen molar-refractivity contribution in [3.05, 3.63) is 108 Å². The number of anilines is 1. The van der Waals surface area contributed by atoms with Gasteiger partial charge in [-0.2, -0.15) is 5.21 Å². The molecule has 0 aliphatic heterocycles. The summed E-state index contributed by atoms with van der Waals surface area (Å²) in [5.41, 5.74) is 5.67. The van der Waals surface area contributed by atoms with Crippen LogP contribution in [0.2, 0.25) is 5.15 Å². The Bertz CT molecular complexity index is 1640. The van der Waals surface area contributed by atoms with E-state index in [9.17, 15) is 0 Å².